The average molecular weight is 269 g/mol. The van der Waals surface area contributed by atoms with E-state index in [2.05, 4.69) is 27.1 Å². The van der Waals surface area contributed by atoms with Crippen molar-refractivity contribution < 1.29 is 4.74 Å². The average Bonchev–Trinajstić information content (AvgIpc) is 2.94. The van der Waals surface area contributed by atoms with Gasteiger partial charge in [-0.15, -0.1) is 0 Å². The molecule has 6 heteroatoms. The summed E-state index contributed by atoms with van der Waals surface area (Å²) in [6.45, 7) is 5.41. The minimum absolute atomic E-state index is 0.372. The molecule has 3 heterocycles. The zero-order chi connectivity index (χ0) is 12.7. The molecule has 1 aromatic rings. The van der Waals surface area contributed by atoms with Crippen LogP contribution in [0.5, 0.6) is 6.01 Å². The van der Waals surface area contributed by atoms with Crippen LogP contribution in [0.2, 0.25) is 5.02 Å². The van der Waals surface area contributed by atoms with E-state index in [-0.39, 0.29) is 0 Å². The lowest BCUT2D eigenvalue weighted by atomic mass is 9.95. The van der Waals surface area contributed by atoms with Crippen LogP contribution < -0.4 is 15.0 Å². The molecule has 18 heavy (non-hydrogen) atoms. The monoisotopic (exact) mass is 268 g/mol. The van der Waals surface area contributed by atoms with Crippen LogP contribution in [0.1, 0.15) is 6.92 Å². The number of aromatic nitrogens is 2. The predicted octanol–water partition coefficient (Wildman–Crippen LogP) is 1.18. The molecule has 3 rings (SSSR count). The molecule has 0 aromatic carbocycles. The molecule has 0 aliphatic carbocycles. The molecule has 3 unspecified atom stereocenters. The summed E-state index contributed by atoms with van der Waals surface area (Å²) in [5.74, 6) is 2.17. The van der Waals surface area contributed by atoms with Crippen molar-refractivity contribution in [1.29, 1.82) is 0 Å². The standard InChI is InChI=1S/C12H17ClN4O/c1-7-9-4-14-3-8(9)6-17(7)11-10(13)5-15-12(16-11)18-2/h5,7-9,14H,3-4,6H2,1-2H3. The minimum atomic E-state index is 0.372. The van der Waals surface area contributed by atoms with E-state index in [1.165, 1.54) is 0 Å². The van der Waals surface area contributed by atoms with Gasteiger partial charge in [0.1, 0.15) is 5.02 Å². The summed E-state index contributed by atoms with van der Waals surface area (Å²) >= 11 is 6.22. The first kappa shape index (κ1) is 12.0. The van der Waals surface area contributed by atoms with Gasteiger partial charge in [0.25, 0.3) is 0 Å². The Bertz CT molecular complexity index is 456. The highest BCUT2D eigenvalue weighted by atomic mass is 35.5. The number of ether oxygens (including phenoxy) is 1. The molecule has 0 amide bonds. The predicted molar refractivity (Wildman–Crippen MR) is 70.3 cm³/mol. The molecule has 0 radical (unpaired) electrons. The Morgan fingerprint density at radius 3 is 3.06 bits per heavy atom. The maximum Gasteiger partial charge on any atom is 0.318 e. The van der Waals surface area contributed by atoms with Crippen LogP contribution in [0, 0.1) is 11.8 Å². The smallest absolute Gasteiger partial charge is 0.318 e. The van der Waals surface area contributed by atoms with Crippen LogP contribution in [-0.2, 0) is 0 Å². The van der Waals surface area contributed by atoms with Gasteiger partial charge in [0, 0.05) is 25.7 Å². The van der Waals surface area contributed by atoms with Crippen molar-refractivity contribution in [2.75, 3.05) is 31.6 Å². The van der Waals surface area contributed by atoms with E-state index in [0.717, 1.165) is 25.5 Å². The second kappa shape index (κ2) is 4.55. The number of nitrogens with zero attached hydrogens (tertiary/aromatic N) is 3. The minimum Gasteiger partial charge on any atom is -0.467 e. The van der Waals surface area contributed by atoms with Gasteiger partial charge in [-0.05, 0) is 18.8 Å². The van der Waals surface area contributed by atoms with Crippen LogP contribution in [0.25, 0.3) is 0 Å². The number of hydrogen-bond acceptors (Lipinski definition) is 5. The summed E-state index contributed by atoms with van der Waals surface area (Å²) in [7, 11) is 1.57. The molecule has 0 bridgehead atoms. The normalized spacial score (nSPS) is 30.6. The fourth-order valence-corrected chi connectivity index (χ4v) is 3.29. The van der Waals surface area contributed by atoms with Crippen molar-refractivity contribution in [2.45, 2.75) is 13.0 Å². The molecule has 5 nitrogen and oxygen atoms in total. The van der Waals surface area contributed by atoms with Gasteiger partial charge in [-0.3, -0.25) is 0 Å². The summed E-state index contributed by atoms with van der Waals surface area (Å²) in [5.41, 5.74) is 0. The SMILES string of the molecule is COc1ncc(Cl)c(N2CC3CNCC3C2C)n1. The van der Waals surface area contributed by atoms with E-state index in [1.54, 1.807) is 13.3 Å². The quantitative estimate of drug-likeness (QED) is 0.873. The Balaban J connectivity index is 1.91. The van der Waals surface area contributed by atoms with E-state index in [1.807, 2.05) is 0 Å². The molecule has 2 fully saturated rings. The Labute approximate surface area is 112 Å². The number of nitrogens with one attached hydrogen (secondary N) is 1. The molecule has 1 N–H and O–H groups in total. The molecule has 3 atom stereocenters. The van der Waals surface area contributed by atoms with Gasteiger partial charge in [0.2, 0.25) is 0 Å². The number of rotatable bonds is 2. The van der Waals surface area contributed by atoms with Crippen molar-refractivity contribution in [1.82, 2.24) is 15.3 Å². The Morgan fingerprint density at radius 1 is 1.50 bits per heavy atom. The summed E-state index contributed by atoms with van der Waals surface area (Å²) in [4.78, 5) is 10.7. The van der Waals surface area contributed by atoms with Crippen LogP contribution in [-0.4, -0.2) is 42.8 Å². The van der Waals surface area contributed by atoms with Crippen molar-refractivity contribution in [3.05, 3.63) is 11.2 Å². The number of methoxy groups -OCH3 is 1. The maximum atomic E-state index is 6.22. The maximum absolute atomic E-state index is 6.22. The Hall–Kier alpha value is -1.07. The summed E-state index contributed by atoms with van der Waals surface area (Å²) in [5, 5.41) is 4.04. The number of hydrogen-bond donors (Lipinski definition) is 1. The van der Waals surface area contributed by atoms with Gasteiger partial charge in [0.15, 0.2) is 5.82 Å². The molecular weight excluding hydrogens is 252 g/mol. The van der Waals surface area contributed by atoms with Crippen molar-refractivity contribution in [2.24, 2.45) is 11.8 Å². The topological polar surface area (TPSA) is 50.3 Å². The van der Waals surface area contributed by atoms with Crippen LogP contribution in [0.3, 0.4) is 0 Å². The van der Waals surface area contributed by atoms with E-state index in [9.17, 15) is 0 Å². The number of fused-ring (bicyclic) bond motifs is 1. The highest BCUT2D eigenvalue weighted by Gasteiger charge is 2.42. The second-order valence-electron chi connectivity index (χ2n) is 5.00. The van der Waals surface area contributed by atoms with Gasteiger partial charge in [-0.2, -0.15) is 4.98 Å². The summed E-state index contributed by atoms with van der Waals surface area (Å²) in [6.07, 6.45) is 1.61. The van der Waals surface area contributed by atoms with Crippen LogP contribution >= 0.6 is 11.6 Å². The first-order valence-corrected chi connectivity index (χ1v) is 6.62. The molecule has 0 spiro atoms. The highest BCUT2D eigenvalue weighted by molar-refractivity contribution is 6.32. The lowest BCUT2D eigenvalue weighted by Gasteiger charge is -2.26. The van der Waals surface area contributed by atoms with E-state index >= 15 is 0 Å². The fraction of sp³-hybridized carbons (Fsp3) is 0.667. The Kier molecular flexibility index (Phi) is 3.03. The third-order valence-electron chi connectivity index (χ3n) is 4.09. The molecule has 2 saturated heterocycles. The first-order valence-electron chi connectivity index (χ1n) is 6.24. The zero-order valence-corrected chi connectivity index (χ0v) is 11.3. The second-order valence-corrected chi connectivity index (χ2v) is 5.41. The number of halogens is 1. The molecular formula is C12H17ClN4O. The molecule has 98 valence electrons. The highest BCUT2D eigenvalue weighted by Crippen LogP contribution is 2.37. The van der Waals surface area contributed by atoms with E-state index in [4.69, 9.17) is 16.3 Å². The molecule has 2 aliphatic rings. The van der Waals surface area contributed by atoms with Gasteiger partial charge >= 0.3 is 6.01 Å². The molecule has 1 aromatic heterocycles. The van der Waals surface area contributed by atoms with E-state index in [0.29, 0.717) is 28.9 Å². The van der Waals surface area contributed by atoms with Crippen LogP contribution in [0.4, 0.5) is 5.82 Å². The van der Waals surface area contributed by atoms with Crippen molar-refractivity contribution in [3.63, 3.8) is 0 Å². The van der Waals surface area contributed by atoms with Gasteiger partial charge in [0.05, 0.1) is 13.3 Å². The third-order valence-corrected chi connectivity index (χ3v) is 4.36. The molecule has 2 aliphatic heterocycles. The van der Waals surface area contributed by atoms with Gasteiger partial charge in [-0.25, -0.2) is 4.98 Å². The lowest BCUT2D eigenvalue weighted by Crippen LogP contribution is -2.34. The zero-order valence-electron chi connectivity index (χ0n) is 10.6. The van der Waals surface area contributed by atoms with Gasteiger partial charge in [-0.1, -0.05) is 11.6 Å². The summed E-state index contributed by atoms with van der Waals surface area (Å²) < 4.78 is 5.08. The lowest BCUT2D eigenvalue weighted by molar-refractivity contribution is 0.379. The largest absolute Gasteiger partial charge is 0.467 e. The van der Waals surface area contributed by atoms with Crippen LogP contribution in [0.15, 0.2) is 6.20 Å². The first-order chi connectivity index (χ1) is 8.70. The third kappa shape index (κ3) is 1.82. The fourth-order valence-electron chi connectivity index (χ4n) is 3.09. The Morgan fingerprint density at radius 2 is 2.33 bits per heavy atom. The summed E-state index contributed by atoms with van der Waals surface area (Å²) in [6, 6.07) is 0.818. The van der Waals surface area contributed by atoms with Gasteiger partial charge < -0.3 is 15.0 Å². The molecule has 0 saturated carbocycles. The van der Waals surface area contributed by atoms with Crippen molar-refractivity contribution in [3.8, 4) is 6.01 Å². The van der Waals surface area contributed by atoms with E-state index < -0.39 is 0 Å². The van der Waals surface area contributed by atoms with Crippen molar-refractivity contribution >= 4 is 17.4 Å². The number of anilines is 1.